The number of esters is 1. The molecular formula is C21H22FN3O7S. The Bertz CT molecular complexity index is 1130. The van der Waals surface area contributed by atoms with Crippen LogP contribution in [0.4, 0.5) is 4.39 Å². The number of halogens is 1. The maximum absolute atomic E-state index is 13.1. The molecule has 33 heavy (non-hydrogen) atoms. The van der Waals surface area contributed by atoms with Crippen molar-refractivity contribution >= 4 is 27.8 Å². The molecule has 0 atom stereocenters. The highest BCUT2D eigenvalue weighted by atomic mass is 32.2. The molecule has 2 aromatic carbocycles. The summed E-state index contributed by atoms with van der Waals surface area (Å²) in [5.41, 5.74) is 5.07. The Kier molecular flexibility index (Phi) is 7.61. The first-order valence-corrected chi connectivity index (χ1v) is 11.3. The fraction of sp³-hybridized carbons (Fsp3) is 0.286. The minimum Gasteiger partial charge on any atom is -0.483 e. The van der Waals surface area contributed by atoms with Crippen molar-refractivity contribution in [1.82, 2.24) is 9.21 Å². The number of para-hydroxylation sites is 1. The summed E-state index contributed by atoms with van der Waals surface area (Å²) >= 11 is 0. The number of nitrogens with two attached hydrogens (primary N) is 1. The minimum absolute atomic E-state index is 0.0294. The fourth-order valence-corrected chi connectivity index (χ4v) is 4.56. The molecule has 2 amide bonds. The van der Waals surface area contributed by atoms with Gasteiger partial charge in [0.05, 0.1) is 4.90 Å². The van der Waals surface area contributed by atoms with Gasteiger partial charge in [-0.3, -0.25) is 9.59 Å². The SMILES string of the molecule is NC(=O)COc1ccccc1C(=O)OCC(=O)N1CCN(S(=O)(=O)c2ccc(F)cc2)CC1. The molecule has 1 heterocycles. The number of rotatable bonds is 8. The molecule has 12 heteroatoms. The van der Waals surface area contributed by atoms with Gasteiger partial charge in [0, 0.05) is 26.2 Å². The molecule has 2 aromatic rings. The lowest BCUT2D eigenvalue weighted by atomic mass is 10.2. The summed E-state index contributed by atoms with van der Waals surface area (Å²) in [7, 11) is -3.81. The summed E-state index contributed by atoms with van der Waals surface area (Å²) in [5, 5.41) is 0. The molecule has 0 aliphatic carbocycles. The minimum atomic E-state index is -3.81. The molecule has 0 unspecified atom stereocenters. The largest absolute Gasteiger partial charge is 0.483 e. The van der Waals surface area contributed by atoms with E-state index in [4.69, 9.17) is 15.2 Å². The second-order valence-corrected chi connectivity index (χ2v) is 9.00. The van der Waals surface area contributed by atoms with Crippen molar-refractivity contribution in [3.63, 3.8) is 0 Å². The molecule has 0 radical (unpaired) electrons. The van der Waals surface area contributed by atoms with Crippen molar-refractivity contribution in [2.45, 2.75) is 4.90 Å². The first-order valence-electron chi connectivity index (χ1n) is 9.89. The Morgan fingerprint density at radius 3 is 2.21 bits per heavy atom. The van der Waals surface area contributed by atoms with E-state index >= 15 is 0 Å². The van der Waals surface area contributed by atoms with Crippen LogP contribution in [-0.2, 0) is 24.3 Å². The lowest BCUT2D eigenvalue weighted by Gasteiger charge is -2.33. The Labute approximate surface area is 189 Å². The van der Waals surface area contributed by atoms with Crippen molar-refractivity contribution in [2.75, 3.05) is 39.4 Å². The van der Waals surface area contributed by atoms with Crippen molar-refractivity contribution in [3.8, 4) is 5.75 Å². The second kappa shape index (κ2) is 10.4. The second-order valence-electron chi connectivity index (χ2n) is 7.07. The van der Waals surface area contributed by atoms with Crippen molar-refractivity contribution in [3.05, 3.63) is 59.9 Å². The summed E-state index contributed by atoms with van der Waals surface area (Å²) < 4.78 is 49.9. The highest BCUT2D eigenvalue weighted by molar-refractivity contribution is 7.89. The molecule has 10 nitrogen and oxygen atoms in total. The van der Waals surface area contributed by atoms with Gasteiger partial charge in [0.1, 0.15) is 17.1 Å². The molecule has 176 valence electrons. The predicted molar refractivity (Wildman–Crippen MR) is 113 cm³/mol. The molecule has 0 saturated carbocycles. The smallest absolute Gasteiger partial charge is 0.342 e. The molecule has 1 aliphatic rings. The zero-order chi connectivity index (χ0) is 24.0. The zero-order valence-corrected chi connectivity index (χ0v) is 18.3. The highest BCUT2D eigenvalue weighted by Crippen LogP contribution is 2.20. The molecule has 0 aromatic heterocycles. The van der Waals surface area contributed by atoms with Gasteiger partial charge < -0.3 is 20.1 Å². The van der Waals surface area contributed by atoms with Crippen LogP contribution in [0.5, 0.6) is 5.75 Å². The first kappa shape index (κ1) is 24.1. The Morgan fingerprint density at radius 2 is 1.58 bits per heavy atom. The topological polar surface area (TPSA) is 136 Å². The van der Waals surface area contributed by atoms with Crippen LogP contribution < -0.4 is 10.5 Å². The number of benzene rings is 2. The Hall–Kier alpha value is -3.51. The van der Waals surface area contributed by atoms with E-state index < -0.39 is 46.8 Å². The normalized spacial score (nSPS) is 14.5. The van der Waals surface area contributed by atoms with Crippen LogP contribution >= 0.6 is 0 Å². The standard InChI is InChI=1S/C21H22FN3O7S/c22-15-5-7-16(8-6-15)33(29,30)25-11-9-24(10-12-25)20(27)14-32-21(28)17-3-1-2-4-18(17)31-13-19(23)26/h1-8H,9-14H2,(H2,23,26). The van der Waals surface area contributed by atoms with Crippen LogP contribution in [0.25, 0.3) is 0 Å². The lowest BCUT2D eigenvalue weighted by molar-refractivity contribution is -0.135. The molecule has 0 bridgehead atoms. The van der Waals surface area contributed by atoms with Crippen molar-refractivity contribution in [2.24, 2.45) is 5.73 Å². The van der Waals surface area contributed by atoms with Gasteiger partial charge in [-0.2, -0.15) is 4.31 Å². The van der Waals surface area contributed by atoms with Gasteiger partial charge in [-0.15, -0.1) is 0 Å². The number of piperazine rings is 1. The Morgan fingerprint density at radius 1 is 0.939 bits per heavy atom. The van der Waals surface area contributed by atoms with E-state index in [9.17, 15) is 27.2 Å². The highest BCUT2D eigenvalue weighted by Gasteiger charge is 2.30. The van der Waals surface area contributed by atoms with Gasteiger partial charge in [0.25, 0.3) is 11.8 Å². The van der Waals surface area contributed by atoms with E-state index in [0.29, 0.717) is 0 Å². The predicted octanol–water partition coefficient (Wildman–Crippen LogP) is 0.380. The zero-order valence-electron chi connectivity index (χ0n) is 17.5. The third-order valence-electron chi connectivity index (χ3n) is 4.85. The van der Waals surface area contributed by atoms with E-state index in [1.54, 1.807) is 12.1 Å². The van der Waals surface area contributed by atoms with Gasteiger partial charge >= 0.3 is 5.97 Å². The molecule has 3 rings (SSSR count). The summed E-state index contributed by atoms with van der Waals surface area (Å²) in [4.78, 5) is 37.1. The van der Waals surface area contributed by atoms with Gasteiger partial charge in [0.15, 0.2) is 13.2 Å². The van der Waals surface area contributed by atoms with E-state index in [-0.39, 0.29) is 42.4 Å². The number of carbonyl (C=O) groups is 3. The molecular weight excluding hydrogens is 457 g/mol. The number of sulfonamides is 1. The van der Waals surface area contributed by atoms with Gasteiger partial charge in [-0.1, -0.05) is 12.1 Å². The van der Waals surface area contributed by atoms with Crippen molar-refractivity contribution < 1.29 is 36.7 Å². The number of primary amides is 1. The Balaban J connectivity index is 1.53. The van der Waals surface area contributed by atoms with Gasteiger partial charge in [0.2, 0.25) is 10.0 Å². The number of hydrogen-bond acceptors (Lipinski definition) is 7. The average Bonchev–Trinajstić information content (AvgIpc) is 2.81. The van der Waals surface area contributed by atoms with Crippen LogP contribution in [0.2, 0.25) is 0 Å². The third-order valence-corrected chi connectivity index (χ3v) is 6.76. The molecule has 1 fully saturated rings. The molecule has 1 aliphatic heterocycles. The van der Waals surface area contributed by atoms with Crippen LogP contribution in [0.3, 0.4) is 0 Å². The van der Waals surface area contributed by atoms with Crippen LogP contribution in [-0.4, -0.2) is 74.8 Å². The third kappa shape index (κ3) is 6.05. The number of amides is 2. The fourth-order valence-electron chi connectivity index (χ4n) is 3.14. The summed E-state index contributed by atoms with van der Waals surface area (Å²) in [6.45, 7) is -0.668. The summed E-state index contributed by atoms with van der Waals surface area (Å²) in [5.74, 6) is -2.47. The number of ether oxygens (including phenoxy) is 2. The van der Waals surface area contributed by atoms with Crippen LogP contribution in [0.1, 0.15) is 10.4 Å². The van der Waals surface area contributed by atoms with Crippen LogP contribution in [0.15, 0.2) is 53.4 Å². The maximum Gasteiger partial charge on any atom is 0.342 e. The average molecular weight is 479 g/mol. The lowest BCUT2D eigenvalue weighted by Crippen LogP contribution is -2.51. The van der Waals surface area contributed by atoms with E-state index in [1.165, 1.54) is 33.5 Å². The number of carbonyl (C=O) groups excluding carboxylic acids is 3. The number of nitrogens with zero attached hydrogens (tertiary/aromatic N) is 2. The first-order chi connectivity index (χ1) is 15.7. The maximum atomic E-state index is 13.1. The quantitative estimate of drug-likeness (QED) is 0.541. The van der Waals surface area contributed by atoms with E-state index in [1.807, 2.05) is 0 Å². The molecule has 2 N–H and O–H groups in total. The number of hydrogen-bond donors (Lipinski definition) is 1. The van der Waals surface area contributed by atoms with Crippen LogP contribution in [0, 0.1) is 5.82 Å². The summed E-state index contributed by atoms with van der Waals surface area (Å²) in [6.07, 6.45) is 0. The van der Waals surface area contributed by atoms with E-state index in [2.05, 4.69) is 0 Å². The van der Waals surface area contributed by atoms with Crippen molar-refractivity contribution in [1.29, 1.82) is 0 Å². The van der Waals surface area contributed by atoms with Gasteiger partial charge in [-0.25, -0.2) is 17.6 Å². The van der Waals surface area contributed by atoms with Gasteiger partial charge in [-0.05, 0) is 36.4 Å². The van der Waals surface area contributed by atoms with E-state index in [0.717, 1.165) is 12.1 Å². The molecule has 0 spiro atoms. The molecule has 1 saturated heterocycles. The monoisotopic (exact) mass is 479 g/mol. The summed E-state index contributed by atoms with van der Waals surface area (Å²) in [6, 6.07) is 10.5.